The zero-order chi connectivity index (χ0) is 30.2. The zero-order valence-electron chi connectivity index (χ0n) is 24.2. The quantitative estimate of drug-likeness (QED) is 0.105. The standard InChI is InChI=1S/C34H32N4O5/c1-23-16-27(14-15-31(23)41-3)20-38-34(35-36-37-38)30(40)19-29(39)28-17-32(42-21-25-10-6-4-7-11-25)24(2)33(18-28)43-22-26-12-8-5-9-13-26/h4-19,39H,20-22H2,1-3H3/b29-19-. The molecule has 9 heteroatoms. The Morgan fingerprint density at radius 1 is 0.814 bits per heavy atom. The molecule has 9 nitrogen and oxygen atoms in total. The lowest BCUT2D eigenvalue weighted by Gasteiger charge is -2.16. The van der Waals surface area contributed by atoms with Gasteiger partial charge in [0.05, 0.1) is 13.7 Å². The van der Waals surface area contributed by atoms with E-state index in [0.717, 1.165) is 39.6 Å². The molecule has 0 saturated carbocycles. The van der Waals surface area contributed by atoms with Crippen molar-refractivity contribution >= 4 is 11.5 Å². The monoisotopic (exact) mass is 576 g/mol. The average Bonchev–Trinajstić information content (AvgIpc) is 3.49. The van der Waals surface area contributed by atoms with Crippen LogP contribution in [-0.2, 0) is 19.8 Å². The molecule has 0 bridgehead atoms. The number of benzene rings is 4. The summed E-state index contributed by atoms with van der Waals surface area (Å²) < 4.78 is 19.0. The first-order valence-electron chi connectivity index (χ1n) is 13.7. The SMILES string of the molecule is COc1ccc(Cn2nnnc2C(=O)/C=C(\O)c2cc(OCc3ccccc3)c(C)c(OCc3ccccc3)c2)cc1C. The maximum Gasteiger partial charge on any atom is 0.228 e. The molecule has 0 fully saturated rings. The number of nitrogens with zero attached hydrogens (tertiary/aromatic N) is 4. The fourth-order valence-corrected chi connectivity index (χ4v) is 4.55. The van der Waals surface area contributed by atoms with Crippen molar-refractivity contribution in [3.05, 3.63) is 136 Å². The van der Waals surface area contributed by atoms with Gasteiger partial charge in [-0.15, -0.1) is 5.10 Å². The summed E-state index contributed by atoms with van der Waals surface area (Å²) in [6.45, 7) is 4.75. The summed E-state index contributed by atoms with van der Waals surface area (Å²) in [7, 11) is 1.61. The van der Waals surface area contributed by atoms with Crippen molar-refractivity contribution in [2.75, 3.05) is 7.11 Å². The summed E-state index contributed by atoms with van der Waals surface area (Å²) in [4.78, 5) is 13.2. The van der Waals surface area contributed by atoms with E-state index in [0.29, 0.717) is 30.3 Å². The molecule has 0 aliphatic carbocycles. The maximum atomic E-state index is 13.2. The average molecular weight is 577 g/mol. The van der Waals surface area contributed by atoms with Crippen LogP contribution < -0.4 is 14.2 Å². The number of aromatic nitrogens is 4. The van der Waals surface area contributed by atoms with E-state index in [4.69, 9.17) is 14.2 Å². The molecule has 0 spiro atoms. The lowest BCUT2D eigenvalue weighted by atomic mass is 10.1. The third-order valence-corrected chi connectivity index (χ3v) is 6.89. The van der Waals surface area contributed by atoms with E-state index in [1.807, 2.05) is 92.7 Å². The predicted molar refractivity (Wildman–Crippen MR) is 162 cm³/mol. The Morgan fingerprint density at radius 3 is 1.98 bits per heavy atom. The molecule has 5 aromatic rings. The van der Waals surface area contributed by atoms with Crippen LogP contribution in [0.4, 0.5) is 0 Å². The maximum absolute atomic E-state index is 13.2. The van der Waals surface area contributed by atoms with Gasteiger partial charge in [-0.3, -0.25) is 4.79 Å². The first-order valence-corrected chi connectivity index (χ1v) is 13.7. The molecule has 0 amide bonds. The highest BCUT2D eigenvalue weighted by Crippen LogP contribution is 2.33. The van der Waals surface area contributed by atoms with Crippen molar-refractivity contribution < 1.29 is 24.1 Å². The molecule has 5 rings (SSSR count). The Balaban J connectivity index is 1.40. The van der Waals surface area contributed by atoms with Gasteiger partial charge in [0.15, 0.2) is 0 Å². The van der Waals surface area contributed by atoms with Gasteiger partial charge in [0, 0.05) is 17.2 Å². The summed E-state index contributed by atoms with van der Waals surface area (Å²) in [6, 6.07) is 28.6. The van der Waals surface area contributed by atoms with E-state index in [2.05, 4.69) is 15.5 Å². The number of aliphatic hydroxyl groups excluding tert-OH is 1. The van der Waals surface area contributed by atoms with Crippen LogP contribution in [0.5, 0.6) is 17.2 Å². The van der Waals surface area contributed by atoms with E-state index in [1.165, 1.54) is 4.68 Å². The lowest BCUT2D eigenvalue weighted by Crippen LogP contribution is -2.12. The van der Waals surface area contributed by atoms with Gasteiger partial charge in [0.2, 0.25) is 11.6 Å². The van der Waals surface area contributed by atoms with Gasteiger partial charge in [-0.25, -0.2) is 4.68 Å². The molecule has 1 N–H and O–H groups in total. The fourth-order valence-electron chi connectivity index (χ4n) is 4.55. The highest BCUT2D eigenvalue weighted by Gasteiger charge is 2.18. The van der Waals surface area contributed by atoms with E-state index in [1.54, 1.807) is 19.2 Å². The molecule has 0 atom stereocenters. The van der Waals surface area contributed by atoms with Gasteiger partial charge >= 0.3 is 0 Å². The van der Waals surface area contributed by atoms with Crippen LogP contribution in [0.15, 0.2) is 97.1 Å². The van der Waals surface area contributed by atoms with Gasteiger partial charge in [-0.05, 0) is 64.7 Å². The molecule has 218 valence electrons. The van der Waals surface area contributed by atoms with Gasteiger partial charge in [-0.1, -0.05) is 72.8 Å². The van der Waals surface area contributed by atoms with E-state index in [9.17, 15) is 9.90 Å². The second-order valence-corrected chi connectivity index (χ2v) is 10.0. The minimum absolute atomic E-state index is 0.00626. The zero-order valence-corrected chi connectivity index (χ0v) is 24.2. The number of aliphatic hydroxyl groups is 1. The smallest absolute Gasteiger partial charge is 0.228 e. The topological polar surface area (TPSA) is 109 Å². The Kier molecular flexibility index (Phi) is 9.11. The van der Waals surface area contributed by atoms with Gasteiger partial charge in [0.1, 0.15) is 36.2 Å². The molecule has 0 radical (unpaired) electrons. The highest BCUT2D eigenvalue weighted by atomic mass is 16.5. The first kappa shape index (κ1) is 29.1. The Bertz CT molecular complexity index is 1670. The first-order chi connectivity index (χ1) is 20.9. The number of rotatable bonds is 12. The summed E-state index contributed by atoms with van der Waals surface area (Å²) in [6.07, 6.45) is 1.11. The molecule has 1 aromatic heterocycles. The molecule has 0 saturated heterocycles. The van der Waals surface area contributed by atoms with Crippen LogP contribution in [0, 0.1) is 13.8 Å². The third-order valence-electron chi connectivity index (χ3n) is 6.89. The van der Waals surface area contributed by atoms with Crippen LogP contribution in [0.25, 0.3) is 5.76 Å². The minimum Gasteiger partial charge on any atom is -0.507 e. The molecule has 0 aliphatic heterocycles. The number of hydrogen-bond donors (Lipinski definition) is 1. The molecule has 0 aliphatic rings. The van der Waals surface area contributed by atoms with Crippen molar-refractivity contribution in [3.63, 3.8) is 0 Å². The van der Waals surface area contributed by atoms with Crippen LogP contribution in [-0.4, -0.2) is 38.2 Å². The van der Waals surface area contributed by atoms with Crippen molar-refractivity contribution in [1.82, 2.24) is 20.2 Å². The predicted octanol–water partition coefficient (Wildman–Crippen LogP) is 6.29. The summed E-state index contributed by atoms with van der Waals surface area (Å²) in [5.74, 6) is 0.990. The van der Waals surface area contributed by atoms with Gasteiger partial charge < -0.3 is 19.3 Å². The van der Waals surface area contributed by atoms with Crippen LogP contribution >= 0.6 is 0 Å². The lowest BCUT2D eigenvalue weighted by molar-refractivity contribution is 0.103. The molecule has 4 aromatic carbocycles. The minimum atomic E-state index is -0.549. The van der Waals surface area contributed by atoms with Gasteiger partial charge in [-0.2, -0.15) is 0 Å². The number of hydrogen-bond acceptors (Lipinski definition) is 8. The molecular weight excluding hydrogens is 544 g/mol. The molecule has 43 heavy (non-hydrogen) atoms. The molecule has 0 unspecified atom stereocenters. The Hall–Kier alpha value is -5.44. The highest BCUT2D eigenvalue weighted by molar-refractivity contribution is 6.05. The molecular formula is C34H32N4O5. The number of ketones is 1. The normalized spacial score (nSPS) is 11.3. The van der Waals surface area contributed by atoms with Crippen LogP contribution in [0.2, 0.25) is 0 Å². The van der Waals surface area contributed by atoms with Gasteiger partial charge in [0.25, 0.3) is 0 Å². The second-order valence-electron chi connectivity index (χ2n) is 10.0. The van der Waals surface area contributed by atoms with Crippen molar-refractivity contribution in [3.8, 4) is 17.2 Å². The number of aryl methyl sites for hydroxylation is 1. The van der Waals surface area contributed by atoms with Crippen molar-refractivity contribution in [2.45, 2.75) is 33.6 Å². The second kappa shape index (κ2) is 13.5. The largest absolute Gasteiger partial charge is 0.507 e. The Morgan fingerprint density at radius 2 is 1.42 bits per heavy atom. The number of carbonyl (C=O) groups excluding carboxylic acids is 1. The number of allylic oxidation sites excluding steroid dienone is 1. The number of ether oxygens (including phenoxy) is 3. The summed E-state index contributed by atoms with van der Waals surface area (Å²) in [5, 5.41) is 22.7. The van der Waals surface area contributed by atoms with Crippen LogP contribution in [0.1, 0.15) is 44.0 Å². The summed E-state index contributed by atoms with van der Waals surface area (Å²) >= 11 is 0. The van der Waals surface area contributed by atoms with E-state index in [-0.39, 0.29) is 18.1 Å². The number of tetrazole rings is 1. The fraction of sp³-hybridized carbons (Fsp3) is 0.176. The van der Waals surface area contributed by atoms with E-state index < -0.39 is 5.78 Å². The summed E-state index contributed by atoms with van der Waals surface area (Å²) in [5.41, 5.74) is 4.96. The Labute approximate surface area is 250 Å². The number of carbonyl (C=O) groups is 1. The number of methoxy groups -OCH3 is 1. The van der Waals surface area contributed by atoms with Crippen molar-refractivity contribution in [2.24, 2.45) is 0 Å². The third kappa shape index (κ3) is 7.26. The van der Waals surface area contributed by atoms with Crippen LogP contribution in [0.3, 0.4) is 0 Å². The van der Waals surface area contributed by atoms with Crippen molar-refractivity contribution in [1.29, 1.82) is 0 Å². The molecule has 1 heterocycles. The van der Waals surface area contributed by atoms with E-state index >= 15 is 0 Å².